The lowest BCUT2D eigenvalue weighted by atomic mass is 10.1. The number of aromatic amines is 1. The van der Waals surface area contributed by atoms with Gasteiger partial charge in [-0.1, -0.05) is 11.6 Å². The minimum Gasteiger partial charge on any atom is -0.484 e. The monoisotopic (exact) mass is 486 g/mol. The van der Waals surface area contributed by atoms with E-state index in [1.165, 1.54) is 25.6 Å². The summed E-state index contributed by atoms with van der Waals surface area (Å²) >= 11 is 7.37. The van der Waals surface area contributed by atoms with Crippen LogP contribution in [0.15, 0.2) is 59.0 Å². The molecular weight excluding hydrogens is 467 g/mol. The van der Waals surface area contributed by atoms with Gasteiger partial charge in [-0.2, -0.15) is 13.2 Å². The second-order valence-corrected chi connectivity index (χ2v) is 8.89. The van der Waals surface area contributed by atoms with Gasteiger partial charge >= 0.3 is 12.1 Å². The molecule has 0 bridgehead atoms. The van der Waals surface area contributed by atoms with Crippen LogP contribution in [0.2, 0.25) is 5.02 Å². The number of esters is 1. The topological polar surface area (TPSA) is 68.1 Å². The molecule has 0 aliphatic rings. The number of hydrogen-bond donors (Lipinski definition) is 1. The highest BCUT2D eigenvalue weighted by Gasteiger charge is 2.42. The van der Waals surface area contributed by atoms with Crippen LogP contribution in [0.4, 0.5) is 13.2 Å². The molecule has 2 heterocycles. The molecule has 0 unspecified atom stereocenters. The Labute approximate surface area is 191 Å². The fourth-order valence-electron chi connectivity index (χ4n) is 2.67. The van der Waals surface area contributed by atoms with Gasteiger partial charge in [0.05, 0.1) is 12.1 Å². The molecule has 1 aromatic carbocycles. The molecule has 0 saturated carbocycles. The van der Waals surface area contributed by atoms with Gasteiger partial charge in [0.25, 0.3) is 0 Å². The highest BCUT2D eigenvalue weighted by atomic mass is 35.5. The zero-order valence-electron chi connectivity index (χ0n) is 17.4. The van der Waals surface area contributed by atoms with Gasteiger partial charge in [0.15, 0.2) is 5.69 Å². The van der Waals surface area contributed by atoms with Crippen molar-refractivity contribution in [3.8, 4) is 17.0 Å². The summed E-state index contributed by atoms with van der Waals surface area (Å²) < 4.78 is 48.9. The first kappa shape index (κ1) is 23.9. The van der Waals surface area contributed by atoms with Crippen molar-refractivity contribution >= 4 is 29.3 Å². The number of carbonyl (C=O) groups is 1. The van der Waals surface area contributed by atoms with Gasteiger partial charge in [-0.3, -0.25) is 0 Å². The molecule has 0 radical (unpaired) electrons. The molecule has 0 spiro atoms. The van der Waals surface area contributed by atoms with Crippen LogP contribution >= 0.6 is 23.4 Å². The predicted octanol–water partition coefficient (Wildman–Crippen LogP) is 4.97. The van der Waals surface area contributed by atoms with E-state index in [4.69, 9.17) is 16.3 Å². The van der Waals surface area contributed by atoms with Crippen LogP contribution in [0.1, 0.15) is 13.8 Å². The zero-order valence-corrected chi connectivity index (χ0v) is 18.9. The Kier molecular flexibility index (Phi) is 7.04. The average molecular weight is 487 g/mol. The SMILES string of the molecule is C[n+]1c[nH]c(-c2ccc(OC(C)(C)COC(=O)C(F)(F)F)cc2)c1Sc1ccc(Cl)cn1. The second kappa shape index (κ2) is 9.41. The highest BCUT2D eigenvalue weighted by molar-refractivity contribution is 7.99. The summed E-state index contributed by atoms with van der Waals surface area (Å²) in [7, 11) is 1.90. The number of hydrogen-bond acceptors (Lipinski definition) is 5. The largest absolute Gasteiger partial charge is 0.490 e. The van der Waals surface area contributed by atoms with Crippen molar-refractivity contribution in [3.05, 3.63) is 53.9 Å². The zero-order chi connectivity index (χ0) is 23.5. The minimum atomic E-state index is -5.04. The number of benzene rings is 1. The Bertz CT molecular complexity index is 1080. The maximum atomic E-state index is 12.3. The third-order valence-corrected chi connectivity index (χ3v) is 5.52. The molecule has 1 N–H and O–H groups in total. The molecule has 3 aromatic rings. The summed E-state index contributed by atoms with van der Waals surface area (Å²) in [4.78, 5) is 18.5. The number of halogens is 4. The molecule has 32 heavy (non-hydrogen) atoms. The number of H-pyrrole nitrogens is 1. The van der Waals surface area contributed by atoms with E-state index in [1.54, 1.807) is 24.4 Å². The van der Waals surface area contributed by atoms with E-state index in [9.17, 15) is 18.0 Å². The van der Waals surface area contributed by atoms with Crippen LogP contribution in [0, 0.1) is 0 Å². The van der Waals surface area contributed by atoms with Crippen molar-refractivity contribution in [2.24, 2.45) is 7.05 Å². The molecule has 0 saturated heterocycles. The predicted molar refractivity (Wildman–Crippen MR) is 112 cm³/mol. The molecule has 0 amide bonds. The smallest absolute Gasteiger partial charge is 0.484 e. The lowest BCUT2D eigenvalue weighted by Gasteiger charge is -2.26. The normalized spacial score (nSPS) is 12.0. The fraction of sp³-hybridized carbons (Fsp3) is 0.286. The molecular formula is C21H20ClF3N3O3S+. The van der Waals surface area contributed by atoms with Crippen molar-refractivity contribution in [1.82, 2.24) is 9.97 Å². The van der Waals surface area contributed by atoms with Crippen molar-refractivity contribution in [3.63, 3.8) is 0 Å². The quantitative estimate of drug-likeness (QED) is 0.377. The van der Waals surface area contributed by atoms with Gasteiger partial charge < -0.3 is 9.47 Å². The Hall–Kier alpha value is -2.72. The summed E-state index contributed by atoms with van der Waals surface area (Å²) in [5, 5.41) is 2.26. The number of aryl methyl sites for hydroxylation is 1. The Balaban J connectivity index is 1.71. The van der Waals surface area contributed by atoms with Crippen LogP contribution < -0.4 is 9.30 Å². The highest BCUT2D eigenvalue weighted by Crippen LogP contribution is 2.33. The van der Waals surface area contributed by atoms with Gasteiger partial charge in [0, 0.05) is 11.8 Å². The number of pyridine rings is 1. The number of imidazole rings is 1. The van der Waals surface area contributed by atoms with Gasteiger partial charge in [-0.15, -0.1) is 0 Å². The number of alkyl halides is 3. The van der Waals surface area contributed by atoms with Gasteiger partial charge in [0.1, 0.15) is 23.0 Å². The first-order chi connectivity index (χ1) is 14.9. The van der Waals surface area contributed by atoms with E-state index in [-0.39, 0.29) is 0 Å². The van der Waals surface area contributed by atoms with E-state index in [0.717, 1.165) is 21.3 Å². The molecule has 2 aromatic heterocycles. The van der Waals surface area contributed by atoms with E-state index in [1.807, 2.05) is 36.1 Å². The molecule has 11 heteroatoms. The fourth-order valence-corrected chi connectivity index (χ4v) is 3.70. The summed E-state index contributed by atoms with van der Waals surface area (Å²) in [5.74, 6) is -1.82. The first-order valence-corrected chi connectivity index (χ1v) is 10.5. The summed E-state index contributed by atoms with van der Waals surface area (Å²) in [6.07, 6.45) is -1.65. The average Bonchev–Trinajstić information content (AvgIpc) is 3.08. The number of nitrogens with one attached hydrogen (secondary N) is 1. The number of aromatic nitrogens is 3. The third-order valence-electron chi connectivity index (χ3n) is 4.16. The summed E-state index contributed by atoms with van der Waals surface area (Å²) in [6.45, 7) is 2.52. The van der Waals surface area contributed by atoms with Crippen LogP contribution in [0.3, 0.4) is 0 Å². The molecule has 0 aliphatic carbocycles. The van der Waals surface area contributed by atoms with Crippen LogP contribution in [0.5, 0.6) is 5.75 Å². The first-order valence-electron chi connectivity index (χ1n) is 9.34. The molecule has 3 rings (SSSR count). The molecule has 6 nitrogen and oxygen atoms in total. The number of rotatable bonds is 7. The lowest BCUT2D eigenvalue weighted by molar-refractivity contribution is -0.706. The van der Waals surface area contributed by atoms with Crippen molar-refractivity contribution in [2.45, 2.75) is 35.7 Å². The standard InChI is InChI=1S/C21H19ClF3N3O3S/c1-20(2,11-30-19(29)21(23,24)25)31-15-7-4-13(5-8-15)17-18(28(3)12-27-17)32-16-9-6-14(22)10-26-16/h4-10,12H,11H2,1-3H3/p+1. The summed E-state index contributed by atoms with van der Waals surface area (Å²) in [6, 6.07) is 10.6. The maximum absolute atomic E-state index is 12.3. The van der Waals surface area contributed by atoms with Gasteiger partial charge in [-0.25, -0.2) is 19.3 Å². The van der Waals surface area contributed by atoms with Crippen LogP contribution in [-0.2, 0) is 16.6 Å². The molecule has 0 fully saturated rings. The van der Waals surface area contributed by atoms with Crippen molar-refractivity contribution in [1.29, 1.82) is 0 Å². The van der Waals surface area contributed by atoms with E-state index >= 15 is 0 Å². The molecule has 0 atom stereocenters. The number of ether oxygens (including phenoxy) is 2. The Morgan fingerprint density at radius 2 is 1.88 bits per heavy atom. The van der Waals surface area contributed by atoms with E-state index in [0.29, 0.717) is 10.8 Å². The molecule has 170 valence electrons. The lowest BCUT2D eigenvalue weighted by Crippen LogP contribution is -2.38. The number of carbonyl (C=O) groups excluding carboxylic acids is 1. The minimum absolute atomic E-state index is 0.423. The van der Waals surface area contributed by atoms with E-state index in [2.05, 4.69) is 14.7 Å². The maximum Gasteiger partial charge on any atom is 0.490 e. The van der Waals surface area contributed by atoms with Crippen molar-refractivity contribution in [2.75, 3.05) is 6.61 Å². The third kappa shape index (κ3) is 6.17. The number of nitrogens with zero attached hydrogens (tertiary/aromatic N) is 2. The van der Waals surface area contributed by atoms with Crippen LogP contribution in [0.25, 0.3) is 11.3 Å². The van der Waals surface area contributed by atoms with Gasteiger partial charge in [-0.05, 0) is 62.0 Å². The Morgan fingerprint density at radius 3 is 2.47 bits per heavy atom. The van der Waals surface area contributed by atoms with Crippen molar-refractivity contribution < 1.29 is 32.0 Å². The second-order valence-electron chi connectivity index (χ2n) is 7.44. The van der Waals surface area contributed by atoms with Crippen LogP contribution in [-0.4, -0.2) is 34.3 Å². The van der Waals surface area contributed by atoms with Gasteiger partial charge in [0.2, 0.25) is 11.4 Å². The molecule has 0 aliphatic heterocycles. The summed E-state index contributed by atoms with van der Waals surface area (Å²) in [5.41, 5.74) is 0.581. The Morgan fingerprint density at radius 1 is 1.19 bits per heavy atom. The van der Waals surface area contributed by atoms with E-state index < -0.39 is 24.4 Å².